The highest BCUT2D eigenvalue weighted by molar-refractivity contribution is 5.97. The first kappa shape index (κ1) is 24.9. The van der Waals surface area contributed by atoms with Crippen LogP contribution < -0.4 is 9.64 Å². The number of aliphatic hydroxyl groups is 1. The van der Waals surface area contributed by atoms with Crippen LogP contribution in [-0.4, -0.2) is 55.3 Å². The zero-order chi connectivity index (χ0) is 25.2. The molecule has 1 spiro atoms. The fourth-order valence-electron chi connectivity index (χ4n) is 5.37. The molecule has 1 amide bonds. The van der Waals surface area contributed by atoms with Crippen molar-refractivity contribution < 1.29 is 27.8 Å². The van der Waals surface area contributed by atoms with E-state index in [2.05, 4.69) is 0 Å². The van der Waals surface area contributed by atoms with Gasteiger partial charge < -0.3 is 19.6 Å². The number of benzene rings is 2. The molecule has 2 aliphatic rings. The van der Waals surface area contributed by atoms with Gasteiger partial charge in [-0.1, -0.05) is 12.1 Å². The highest BCUT2D eigenvalue weighted by Crippen LogP contribution is 2.46. The standard InChI is InChI=1S/C26H28F3N3O3/c1-2-35-23-6-4-3-5-21(23)24(34)32-15-19(16-33)25(17-32)9-11-31(12-10-25)20-8-7-18(14-30)22(13-20)26(27,28)29/h3-8,13,19,33H,2,9-12,15-17H2,1H3. The van der Waals surface area contributed by atoms with Crippen LogP contribution in [0.15, 0.2) is 42.5 Å². The van der Waals surface area contributed by atoms with E-state index in [4.69, 9.17) is 10.00 Å². The summed E-state index contributed by atoms with van der Waals surface area (Å²) < 4.78 is 45.9. The maximum atomic E-state index is 13.4. The van der Waals surface area contributed by atoms with Gasteiger partial charge in [-0.05, 0) is 55.5 Å². The first-order valence-corrected chi connectivity index (χ1v) is 11.7. The number of hydrogen-bond acceptors (Lipinski definition) is 5. The lowest BCUT2D eigenvalue weighted by molar-refractivity contribution is -0.137. The summed E-state index contributed by atoms with van der Waals surface area (Å²) in [6.45, 7) is 4.12. The van der Waals surface area contributed by atoms with Crippen LogP contribution in [0.3, 0.4) is 0 Å². The first-order chi connectivity index (χ1) is 16.7. The third-order valence-corrected chi connectivity index (χ3v) is 7.29. The molecule has 0 aliphatic carbocycles. The molecule has 1 N–H and O–H groups in total. The average Bonchev–Trinajstić information content (AvgIpc) is 3.21. The quantitative estimate of drug-likeness (QED) is 0.680. The predicted octanol–water partition coefficient (Wildman–Crippen LogP) is 4.33. The normalized spacial score (nSPS) is 19.6. The Balaban J connectivity index is 1.51. The van der Waals surface area contributed by atoms with Crippen LogP contribution in [-0.2, 0) is 6.18 Å². The number of carbonyl (C=O) groups is 1. The lowest BCUT2D eigenvalue weighted by Gasteiger charge is -2.43. The molecule has 2 fully saturated rings. The van der Waals surface area contributed by atoms with Crippen LogP contribution in [0.25, 0.3) is 0 Å². The van der Waals surface area contributed by atoms with Gasteiger partial charge in [0.25, 0.3) is 5.91 Å². The Morgan fingerprint density at radius 3 is 2.57 bits per heavy atom. The number of anilines is 1. The summed E-state index contributed by atoms with van der Waals surface area (Å²) in [5.41, 5.74) is -0.731. The van der Waals surface area contributed by atoms with Gasteiger partial charge in [0.2, 0.25) is 0 Å². The van der Waals surface area contributed by atoms with E-state index in [9.17, 15) is 23.1 Å². The average molecular weight is 488 g/mol. The molecule has 0 radical (unpaired) electrons. The van der Waals surface area contributed by atoms with E-state index in [1.165, 1.54) is 6.07 Å². The molecular formula is C26H28F3N3O3. The van der Waals surface area contributed by atoms with E-state index in [0.717, 1.165) is 6.07 Å². The van der Waals surface area contributed by atoms with E-state index < -0.39 is 17.3 Å². The van der Waals surface area contributed by atoms with E-state index in [1.54, 1.807) is 35.2 Å². The predicted molar refractivity (Wildman–Crippen MR) is 124 cm³/mol. The summed E-state index contributed by atoms with van der Waals surface area (Å²) in [7, 11) is 0. The molecule has 0 aromatic heterocycles. The third-order valence-electron chi connectivity index (χ3n) is 7.29. The van der Waals surface area contributed by atoms with Crippen LogP contribution >= 0.6 is 0 Å². The van der Waals surface area contributed by atoms with Crippen LogP contribution in [0.1, 0.15) is 41.3 Å². The van der Waals surface area contributed by atoms with E-state index in [0.29, 0.717) is 62.6 Å². The Morgan fingerprint density at radius 1 is 1.23 bits per heavy atom. The number of nitriles is 1. The smallest absolute Gasteiger partial charge is 0.417 e. The monoisotopic (exact) mass is 487 g/mol. The van der Waals surface area contributed by atoms with Gasteiger partial charge in [-0.2, -0.15) is 18.4 Å². The molecule has 4 rings (SSSR count). The van der Waals surface area contributed by atoms with Crippen molar-refractivity contribution in [2.24, 2.45) is 11.3 Å². The number of alkyl halides is 3. The molecule has 1 unspecified atom stereocenters. The summed E-state index contributed by atoms with van der Waals surface area (Å²) in [5.74, 6) is 0.269. The van der Waals surface area contributed by atoms with Gasteiger partial charge in [-0.3, -0.25) is 4.79 Å². The fraction of sp³-hybridized carbons (Fsp3) is 0.462. The molecule has 9 heteroatoms. The van der Waals surface area contributed by atoms with Crippen molar-refractivity contribution in [2.75, 3.05) is 44.3 Å². The number of para-hydroxylation sites is 1. The van der Waals surface area contributed by atoms with Gasteiger partial charge in [0.1, 0.15) is 5.75 Å². The third kappa shape index (κ3) is 4.80. The van der Waals surface area contributed by atoms with Crippen molar-refractivity contribution >= 4 is 11.6 Å². The van der Waals surface area contributed by atoms with Crippen molar-refractivity contribution in [3.8, 4) is 11.8 Å². The second kappa shape index (κ2) is 9.78. The minimum atomic E-state index is -4.61. The minimum absolute atomic E-state index is 0.0635. The molecule has 2 aromatic carbocycles. The number of halogens is 3. The van der Waals surface area contributed by atoms with Crippen LogP contribution in [0, 0.1) is 22.7 Å². The Hall–Kier alpha value is -3.25. The number of hydrogen-bond donors (Lipinski definition) is 1. The summed E-state index contributed by atoms with van der Waals surface area (Å²) in [5, 5.41) is 19.2. The maximum Gasteiger partial charge on any atom is 0.417 e. The summed E-state index contributed by atoms with van der Waals surface area (Å²) >= 11 is 0. The summed E-state index contributed by atoms with van der Waals surface area (Å²) in [6.07, 6.45) is -3.34. The first-order valence-electron chi connectivity index (χ1n) is 11.7. The molecular weight excluding hydrogens is 459 g/mol. The van der Waals surface area contributed by atoms with Gasteiger partial charge in [0, 0.05) is 44.4 Å². The van der Waals surface area contributed by atoms with Crippen molar-refractivity contribution in [2.45, 2.75) is 25.9 Å². The van der Waals surface area contributed by atoms with Gasteiger partial charge in [0.05, 0.1) is 29.4 Å². The van der Waals surface area contributed by atoms with Crippen LogP contribution in [0.5, 0.6) is 5.75 Å². The molecule has 186 valence electrons. The topological polar surface area (TPSA) is 76.8 Å². The van der Waals surface area contributed by atoms with Crippen molar-refractivity contribution in [3.63, 3.8) is 0 Å². The fourth-order valence-corrected chi connectivity index (χ4v) is 5.37. The summed E-state index contributed by atoms with van der Waals surface area (Å²) in [6, 6.07) is 12.5. The van der Waals surface area contributed by atoms with Crippen molar-refractivity contribution in [1.29, 1.82) is 5.26 Å². The highest BCUT2D eigenvalue weighted by Gasteiger charge is 2.49. The second-order valence-electron chi connectivity index (χ2n) is 9.18. The lowest BCUT2D eigenvalue weighted by Crippen LogP contribution is -2.45. The van der Waals surface area contributed by atoms with Crippen LogP contribution in [0.2, 0.25) is 0 Å². The molecule has 2 heterocycles. The van der Waals surface area contributed by atoms with Gasteiger partial charge in [-0.25, -0.2) is 0 Å². The Labute approximate surface area is 202 Å². The molecule has 1 atom stereocenters. The van der Waals surface area contributed by atoms with Gasteiger partial charge in [-0.15, -0.1) is 0 Å². The number of likely N-dealkylation sites (tertiary alicyclic amines) is 1. The van der Waals surface area contributed by atoms with Gasteiger partial charge >= 0.3 is 6.18 Å². The number of nitrogens with zero attached hydrogens (tertiary/aromatic N) is 3. The molecule has 2 aliphatic heterocycles. The summed E-state index contributed by atoms with van der Waals surface area (Å²) in [4.78, 5) is 17.0. The Morgan fingerprint density at radius 2 is 1.94 bits per heavy atom. The molecule has 35 heavy (non-hydrogen) atoms. The van der Waals surface area contributed by atoms with Crippen molar-refractivity contribution in [3.05, 3.63) is 59.2 Å². The van der Waals surface area contributed by atoms with Crippen molar-refractivity contribution in [1.82, 2.24) is 4.90 Å². The Kier molecular flexibility index (Phi) is 6.95. The minimum Gasteiger partial charge on any atom is -0.493 e. The highest BCUT2D eigenvalue weighted by atomic mass is 19.4. The number of piperidine rings is 1. The lowest BCUT2D eigenvalue weighted by atomic mass is 9.71. The second-order valence-corrected chi connectivity index (χ2v) is 9.18. The van der Waals surface area contributed by atoms with E-state index >= 15 is 0 Å². The van der Waals surface area contributed by atoms with Gasteiger partial charge in [0.15, 0.2) is 0 Å². The van der Waals surface area contributed by atoms with Crippen LogP contribution in [0.4, 0.5) is 18.9 Å². The number of amides is 1. The number of ether oxygens (including phenoxy) is 1. The zero-order valence-corrected chi connectivity index (χ0v) is 19.5. The molecule has 6 nitrogen and oxygen atoms in total. The SMILES string of the molecule is CCOc1ccccc1C(=O)N1CC(CO)C2(CCN(c3ccc(C#N)c(C(F)(F)F)c3)CC2)C1. The largest absolute Gasteiger partial charge is 0.493 e. The number of aliphatic hydroxyl groups excluding tert-OH is 1. The molecule has 0 saturated carbocycles. The Bertz CT molecular complexity index is 1120. The molecule has 2 saturated heterocycles. The van der Waals surface area contributed by atoms with E-state index in [1.807, 2.05) is 17.9 Å². The number of rotatable bonds is 5. The van der Waals surface area contributed by atoms with E-state index in [-0.39, 0.29) is 23.8 Å². The maximum absolute atomic E-state index is 13.4. The number of carbonyl (C=O) groups excluding carboxylic acids is 1. The molecule has 2 aromatic rings. The molecule has 0 bridgehead atoms. The zero-order valence-electron chi connectivity index (χ0n) is 19.5.